The van der Waals surface area contributed by atoms with Gasteiger partial charge in [0.15, 0.2) is 0 Å². The first-order valence-corrected chi connectivity index (χ1v) is 3.42. The van der Waals surface area contributed by atoms with Crippen LogP contribution in [-0.4, -0.2) is 24.8 Å². The van der Waals surface area contributed by atoms with Gasteiger partial charge in [-0.15, -0.1) is 9.60 Å². The summed E-state index contributed by atoms with van der Waals surface area (Å²) in [4.78, 5) is 0. The smallest absolute Gasteiger partial charge is 0.0302 e. The lowest BCUT2D eigenvalue weighted by Crippen LogP contribution is -2.18. The Morgan fingerprint density at radius 2 is 2.11 bits per heavy atom. The minimum Gasteiger partial charge on any atom is -0.330 e. The molecular formula is C6H15FN2. The van der Waals surface area contributed by atoms with Gasteiger partial charge in [0, 0.05) is 13.1 Å². The largest absolute Gasteiger partial charge is 0.330 e. The van der Waals surface area contributed by atoms with E-state index in [1.54, 1.807) is 0 Å². The Balaban J connectivity index is 2.95. The van der Waals surface area contributed by atoms with Gasteiger partial charge in [0.25, 0.3) is 0 Å². The average molecular weight is 134 g/mol. The first kappa shape index (κ1) is 8.85. The molecule has 9 heavy (non-hydrogen) atoms. The van der Waals surface area contributed by atoms with Gasteiger partial charge in [-0.3, -0.25) is 0 Å². The lowest BCUT2D eigenvalue weighted by Gasteiger charge is -2.07. The van der Waals surface area contributed by atoms with Crippen LogP contribution in [0.4, 0.5) is 4.48 Å². The van der Waals surface area contributed by atoms with E-state index in [9.17, 15) is 4.48 Å². The van der Waals surface area contributed by atoms with Crippen molar-refractivity contribution in [3.05, 3.63) is 0 Å². The fourth-order valence-corrected chi connectivity index (χ4v) is 0.617. The maximum Gasteiger partial charge on any atom is 0.0302 e. The van der Waals surface area contributed by atoms with Crippen LogP contribution in [-0.2, 0) is 0 Å². The summed E-state index contributed by atoms with van der Waals surface area (Å²) in [6, 6.07) is 0. The molecule has 0 unspecified atom stereocenters. The molecule has 0 saturated heterocycles. The summed E-state index contributed by atoms with van der Waals surface area (Å²) in [6.07, 6.45) is 1.61. The SMILES string of the molecule is CCCN(F)CCCN. The summed E-state index contributed by atoms with van der Waals surface area (Å²) in [5.41, 5.74) is 5.18. The van der Waals surface area contributed by atoms with Crippen LogP contribution in [0.2, 0.25) is 0 Å². The summed E-state index contributed by atoms with van der Waals surface area (Å²) in [5.74, 6) is 0. The second-order valence-electron chi connectivity index (χ2n) is 2.05. The zero-order valence-electron chi connectivity index (χ0n) is 5.94. The molecule has 0 heterocycles. The average Bonchev–Trinajstić information content (AvgIpc) is 1.85. The zero-order valence-corrected chi connectivity index (χ0v) is 5.94. The van der Waals surface area contributed by atoms with Gasteiger partial charge in [0.05, 0.1) is 0 Å². The topological polar surface area (TPSA) is 29.3 Å². The van der Waals surface area contributed by atoms with Crippen LogP contribution in [0.15, 0.2) is 0 Å². The van der Waals surface area contributed by atoms with E-state index in [-0.39, 0.29) is 0 Å². The maximum atomic E-state index is 12.4. The molecule has 0 aromatic heterocycles. The van der Waals surface area contributed by atoms with Crippen LogP contribution in [0.5, 0.6) is 0 Å². The Hall–Kier alpha value is -0.150. The predicted molar refractivity (Wildman–Crippen MR) is 36.6 cm³/mol. The monoisotopic (exact) mass is 134 g/mol. The van der Waals surface area contributed by atoms with Crippen molar-refractivity contribution >= 4 is 0 Å². The van der Waals surface area contributed by atoms with Crippen LogP contribution in [0, 0.1) is 0 Å². The van der Waals surface area contributed by atoms with E-state index in [1.807, 2.05) is 6.92 Å². The third-order valence-corrected chi connectivity index (χ3v) is 1.07. The molecule has 0 radical (unpaired) electrons. The summed E-state index contributed by atoms with van der Waals surface area (Å²) < 4.78 is 12.4. The first-order chi connectivity index (χ1) is 4.31. The quantitative estimate of drug-likeness (QED) is 0.567. The van der Waals surface area contributed by atoms with E-state index in [4.69, 9.17) is 5.73 Å². The van der Waals surface area contributed by atoms with Gasteiger partial charge in [0.1, 0.15) is 0 Å². The minimum atomic E-state index is 0.477. The molecule has 0 aliphatic heterocycles. The number of rotatable bonds is 5. The lowest BCUT2D eigenvalue weighted by atomic mass is 10.4. The van der Waals surface area contributed by atoms with Gasteiger partial charge in [0.2, 0.25) is 0 Å². The molecule has 0 atom stereocenters. The number of hydrogen-bond acceptors (Lipinski definition) is 2. The van der Waals surface area contributed by atoms with Crippen molar-refractivity contribution < 1.29 is 4.48 Å². The van der Waals surface area contributed by atoms with Crippen molar-refractivity contribution in [1.82, 2.24) is 5.12 Å². The van der Waals surface area contributed by atoms with E-state index < -0.39 is 0 Å². The third kappa shape index (κ3) is 5.73. The molecule has 0 aliphatic carbocycles. The molecular weight excluding hydrogens is 119 g/mol. The third-order valence-electron chi connectivity index (χ3n) is 1.07. The van der Waals surface area contributed by atoms with Crippen molar-refractivity contribution in [2.24, 2.45) is 5.73 Å². The Kier molecular flexibility index (Phi) is 5.88. The van der Waals surface area contributed by atoms with E-state index >= 15 is 0 Å². The van der Waals surface area contributed by atoms with E-state index in [2.05, 4.69) is 0 Å². The van der Waals surface area contributed by atoms with Crippen LogP contribution < -0.4 is 5.73 Å². The number of nitrogens with zero attached hydrogens (tertiary/aromatic N) is 1. The summed E-state index contributed by atoms with van der Waals surface area (Å²) >= 11 is 0. The minimum absolute atomic E-state index is 0.477. The molecule has 0 fully saturated rings. The number of halogens is 1. The summed E-state index contributed by atoms with van der Waals surface area (Å²) in [5, 5.41) is 0.812. The lowest BCUT2D eigenvalue weighted by molar-refractivity contribution is 0.0252. The van der Waals surface area contributed by atoms with E-state index in [0.29, 0.717) is 19.6 Å². The summed E-state index contributed by atoms with van der Waals surface area (Å²) in [7, 11) is 0. The fraction of sp³-hybridized carbons (Fsp3) is 1.00. The fourth-order valence-electron chi connectivity index (χ4n) is 0.617. The summed E-state index contributed by atoms with van der Waals surface area (Å²) in [6.45, 7) is 3.53. The molecule has 56 valence electrons. The normalized spacial score (nSPS) is 10.7. The highest BCUT2D eigenvalue weighted by atomic mass is 19.2. The van der Waals surface area contributed by atoms with Gasteiger partial charge in [-0.2, -0.15) is 0 Å². The van der Waals surface area contributed by atoms with Crippen molar-refractivity contribution in [2.75, 3.05) is 19.6 Å². The van der Waals surface area contributed by atoms with Gasteiger partial charge in [-0.25, -0.2) is 0 Å². The number of nitrogens with two attached hydrogens (primary N) is 1. The highest BCUT2D eigenvalue weighted by molar-refractivity contribution is 4.44. The van der Waals surface area contributed by atoms with E-state index in [0.717, 1.165) is 18.0 Å². The van der Waals surface area contributed by atoms with Crippen molar-refractivity contribution in [2.45, 2.75) is 19.8 Å². The zero-order chi connectivity index (χ0) is 7.11. The molecule has 0 amide bonds. The second kappa shape index (κ2) is 5.98. The van der Waals surface area contributed by atoms with Gasteiger partial charge in [-0.1, -0.05) is 6.92 Å². The van der Waals surface area contributed by atoms with Crippen LogP contribution >= 0.6 is 0 Å². The van der Waals surface area contributed by atoms with Crippen LogP contribution in [0.25, 0.3) is 0 Å². The second-order valence-corrected chi connectivity index (χ2v) is 2.05. The Morgan fingerprint density at radius 3 is 2.56 bits per heavy atom. The first-order valence-electron chi connectivity index (χ1n) is 3.42. The Bertz CT molecular complexity index is 59.0. The molecule has 0 spiro atoms. The highest BCUT2D eigenvalue weighted by Crippen LogP contribution is 1.92. The van der Waals surface area contributed by atoms with Crippen LogP contribution in [0.1, 0.15) is 19.8 Å². The maximum absolute atomic E-state index is 12.4. The standard InChI is InChI=1S/C6H15FN2/c1-2-5-9(7)6-3-4-8/h2-6,8H2,1H3. The Labute approximate surface area is 55.8 Å². The Morgan fingerprint density at radius 1 is 1.44 bits per heavy atom. The molecule has 0 saturated carbocycles. The molecule has 0 aromatic carbocycles. The highest BCUT2D eigenvalue weighted by Gasteiger charge is 1.97. The van der Waals surface area contributed by atoms with Crippen LogP contribution in [0.3, 0.4) is 0 Å². The molecule has 2 nitrogen and oxygen atoms in total. The molecule has 0 aliphatic rings. The van der Waals surface area contributed by atoms with Gasteiger partial charge >= 0.3 is 0 Å². The van der Waals surface area contributed by atoms with Gasteiger partial charge in [-0.05, 0) is 19.4 Å². The molecule has 3 heteroatoms. The van der Waals surface area contributed by atoms with E-state index in [1.165, 1.54) is 0 Å². The molecule has 0 bridgehead atoms. The molecule has 0 rings (SSSR count). The molecule has 2 N–H and O–H groups in total. The number of hydrogen-bond donors (Lipinski definition) is 1. The molecule has 0 aromatic rings. The van der Waals surface area contributed by atoms with Crippen molar-refractivity contribution in [3.8, 4) is 0 Å². The predicted octanol–water partition coefficient (Wildman–Crippen LogP) is 0.932. The van der Waals surface area contributed by atoms with Crippen molar-refractivity contribution in [1.29, 1.82) is 0 Å². The van der Waals surface area contributed by atoms with Crippen molar-refractivity contribution in [3.63, 3.8) is 0 Å². The van der Waals surface area contributed by atoms with Gasteiger partial charge < -0.3 is 5.73 Å².